The van der Waals surface area contributed by atoms with E-state index in [1.165, 1.54) is 18.0 Å². The van der Waals surface area contributed by atoms with Crippen molar-refractivity contribution in [1.29, 1.82) is 0 Å². The third-order valence-corrected chi connectivity index (χ3v) is 5.52. The number of rotatable bonds is 8. The molecule has 0 radical (unpaired) electrons. The van der Waals surface area contributed by atoms with Crippen LogP contribution in [-0.4, -0.2) is 39.2 Å². The number of amides is 1. The lowest BCUT2D eigenvalue weighted by atomic mass is 10.2. The minimum absolute atomic E-state index is 0.0839. The van der Waals surface area contributed by atoms with Gasteiger partial charge in [-0.15, -0.1) is 11.8 Å². The van der Waals surface area contributed by atoms with Gasteiger partial charge in [-0.25, -0.2) is 9.48 Å². The highest BCUT2D eigenvalue weighted by molar-refractivity contribution is 7.99. The van der Waals surface area contributed by atoms with Crippen molar-refractivity contribution >= 4 is 29.3 Å². The first kappa shape index (κ1) is 21.6. The Kier molecular flexibility index (Phi) is 6.94. The number of thioether (sulfide) groups is 1. The van der Waals surface area contributed by atoms with Crippen molar-refractivity contribution in [1.82, 2.24) is 14.9 Å². The van der Waals surface area contributed by atoms with Crippen LogP contribution < -0.4 is 5.32 Å². The summed E-state index contributed by atoms with van der Waals surface area (Å²) in [5.41, 5.74) is 4.50. The maximum Gasteiger partial charge on any atom is 0.341 e. The molecule has 0 fully saturated rings. The van der Waals surface area contributed by atoms with E-state index >= 15 is 0 Å². The van der Waals surface area contributed by atoms with E-state index in [2.05, 4.69) is 15.6 Å². The lowest BCUT2D eigenvalue weighted by Crippen LogP contribution is -2.14. The van der Waals surface area contributed by atoms with E-state index in [-0.39, 0.29) is 11.9 Å². The molecule has 0 atom stereocenters. The molecule has 2 heterocycles. The number of carbonyl (C=O) groups excluding carboxylic acids is 2. The predicted molar refractivity (Wildman–Crippen MR) is 115 cm³/mol. The molecule has 1 aromatic carbocycles. The van der Waals surface area contributed by atoms with Gasteiger partial charge in [-0.3, -0.25) is 4.79 Å². The molecule has 3 aromatic rings. The topological polar surface area (TPSA) is 99.2 Å². The second-order valence-corrected chi connectivity index (χ2v) is 7.65. The van der Waals surface area contributed by atoms with Crippen molar-refractivity contribution in [2.75, 3.05) is 17.7 Å². The Hall–Kier alpha value is -3.07. The van der Waals surface area contributed by atoms with Crippen LogP contribution in [0.15, 0.2) is 35.0 Å². The van der Waals surface area contributed by atoms with Crippen LogP contribution in [0.2, 0.25) is 0 Å². The van der Waals surface area contributed by atoms with Gasteiger partial charge in [0.25, 0.3) is 0 Å². The van der Waals surface area contributed by atoms with Crippen LogP contribution >= 0.6 is 11.8 Å². The van der Waals surface area contributed by atoms with Crippen molar-refractivity contribution in [2.45, 2.75) is 33.4 Å². The van der Waals surface area contributed by atoms with Gasteiger partial charge in [0.2, 0.25) is 5.91 Å². The van der Waals surface area contributed by atoms with Gasteiger partial charge >= 0.3 is 5.97 Å². The highest BCUT2D eigenvalue weighted by Crippen LogP contribution is 2.20. The Morgan fingerprint density at radius 3 is 2.57 bits per heavy atom. The molecular weight excluding hydrogens is 404 g/mol. The Bertz CT molecular complexity index is 1020. The Labute approximate surface area is 179 Å². The second kappa shape index (κ2) is 9.62. The molecule has 0 saturated carbocycles. The van der Waals surface area contributed by atoms with Gasteiger partial charge in [0, 0.05) is 17.0 Å². The lowest BCUT2D eigenvalue weighted by Gasteiger charge is -2.08. The van der Waals surface area contributed by atoms with Gasteiger partial charge in [0.1, 0.15) is 11.3 Å². The number of anilines is 1. The monoisotopic (exact) mass is 428 g/mol. The fourth-order valence-electron chi connectivity index (χ4n) is 2.92. The van der Waals surface area contributed by atoms with Crippen LogP contribution in [0.4, 0.5) is 5.69 Å². The van der Waals surface area contributed by atoms with Crippen molar-refractivity contribution in [3.05, 3.63) is 58.7 Å². The van der Waals surface area contributed by atoms with E-state index in [4.69, 9.17) is 9.26 Å². The average Bonchev–Trinajstić information content (AvgIpc) is 3.25. The van der Waals surface area contributed by atoms with E-state index in [9.17, 15) is 9.59 Å². The van der Waals surface area contributed by atoms with Crippen LogP contribution in [0.25, 0.3) is 5.69 Å². The zero-order valence-electron chi connectivity index (χ0n) is 17.4. The Morgan fingerprint density at radius 2 is 1.93 bits per heavy atom. The van der Waals surface area contributed by atoms with E-state index in [0.29, 0.717) is 35.1 Å². The fraction of sp³-hybridized carbons (Fsp3) is 0.333. The first-order valence-electron chi connectivity index (χ1n) is 9.52. The molecule has 0 unspecified atom stereocenters. The summed E-state index contributed by atoms with van der Waals surface area (Å²) < 4.78 is 11.8. The molecule has 0 aliphatic heterocycles. The zero-order valence-corrected chi connectivity index (χ0v) is 18.2. The molecule has 0 saturated heterocycles. The molecule has 0 bridgehead atoms. The molecule has 3 rings (SSSR count). The number of aromatic nitrogens is 3. The van der Waals surface area contributed by atoms with E-state index in [1.54, 1.807) is 23.7 Å². The number of nitrogens with zero attached hydrogens (tertiary/aromatic N) is 3. The number of nitrogens with one attached hydrogen (secondary N) is 1. The number of ether oxygens (including phenoxy) is 1. The molecule has 0 spiro atoms. The van der Waals surface area contributed by atoms with Crippen LogP contribution in [-0.2, 0) is 15.3 Å². The van der Waals surface area contributed by atoms with Crippen LogP contribution in [0.1, 0.15) is 40.0 Å². The summed E-state index contributed by atoms with van der Waals surface area (Å²) in [5.74, 6) is 1.32. The quantitative estimate of drug-likeness (QED) is 0.544. The zero-order chi connectivity index (χ0) is 21.7. The summed E-state index contributed by atoms with van der Waals surface area (Å²) in [6, 6.07) is 7.28. The minimum Gasteiger partial charge on any atom is -0.462 e. The third kappa shape index (κ3) is 4.91. The van der Waals surface area contributed by atoms with Crippen molar-refractivity contribution in [2.24, 2.45) is 0 Å². The summed E-state index contributed by atoms with van der Waals surface area (Å²) in [6.45, 7) is 7.65. The summed E-state index contributed by atoms with van der Waals surface area (Å²) in [7, 11) is 0. The smallest absolute Gasteiger partial charge is 0.341 e. The summed E-state index contributed by atoms with van der Waals surface area (Å²) in [4.78, 5) is 24.2. The molecule has 30 heavy (non-hydrogen) atoms. The molecule has 8 nitrogen and oxygen atoms in total. The van der Waals surface area contributed by atoms with Crippen LogP contribution in [0.5, 0.6) is 0 Å². The minimum atomic E-state index is -0.390. The third-order valence-electron chi connectivity index (χ3n) is 4.56. The largest absolute Gasteiger partial charge is 0.462 e. The molecule has 1 N–H and O–H groups in total. The summed E-state index contributed by atoms with van der Waals surface area (Å²) in [6.07, 6.45) is 1.50. The average molecular weight is 429 g/mol. The van der Waals surface area contributed by atoms with E-state index < -0.39 is 0 Å². The van der Waals surface area contributed by atoms with Gasteiger partial charge in [-0.1, -0.05) is 5.16 Å². The number of hydrogen-bond acceptors (Lipinski definition) is 7. The van der Waals surface area contributed by atoms with Gasteiger partial charge in [0.05, 0.1) is 35.6 Å². The van der Waals surface area contributed by atoms with Gasteiger partial charge < -0.3 is 14.6 Å². The molecular formula is C21H24N4O4S. The lowest BCUT2D eigenvalue weighted by molar-refractivity contribution is -0.113. The Morgan fingerprint density at radius 1 is 1.20 bits per heavy atom. The van der Waals surface area contributed by atoms with Gasteiger partial charge in [-0.05, 0) is 52.0 Å². The molecule has 2 aromatic heterocycles. The molecule has 0 aliphatic rings. The molecule has 1 amide bonds. The normalized spacial score (nSPS) is 10.8. The maximum atomic E-state index is 12.2. The molecule has 9 heteroatoms. The number of benzene rings is 1. The standard InChI is InChI=1S/C21H24N4O4S/c1-5-28-21(27)18-10-22-25(14(18)3)17-8-6-16(7-9-17)23-20(26)12-30-11-19-13(2)24-29-15(19)4/h6-10H,5,11-12H2,1-4H3,(H,23,26). The van der Waals surface area contributed by atoms with E-state index in [1.807, 2.05) is 32.9 Å². The second-order valence-electron chi connectivity index (χ2n) is 6.67. The van der Waals surface area contributed by atoms with Crippen molar-refractivity contribution < 1.29 is 18.8 Å². The first-order valence-corrected chi connectivity index (χ1v) is 10.7. The van der Waals surface area contributed by atoms with Crippen LogP contribution in [0.3, 0.4) is 0 Å². The highest BCUT2D eigenvalue weighted by Gasteiger charge is 2.16. The number of aryl methyl sites for hydroxylation is 2. The fourth-order valence-corrected chi connectivity index (χ4v) is 3.89. The van der Waals surface area contributed by atoms with Gasteiger partial charge in [-0.2, -0.15) is 5.10 Å². The highest BCUT2D eigenvalue weighted by atomic mass is 32.2. The predicted octanol–water partition coefficient (Wildman–Crippen LogP) is 3.83. The number of esters is 1. The summed E-state index contributed by atoms with van der Waals surface area (Å²) in [5, 5.41) is 11.1. The van der Waals surface area contributed by atoms with Crippen LogP contribution in [0, 0.1) is 20.8 Å². The van der Waals surface area contributed by atoms with Crippen molar-refractivity contribution in [3.8, 4) is 5.69 Å². The van der Waals surface area contributed by atoms with E-state index in [0.717, 1.165) is 22.7 Å². The van der Waals surface area contributed by atoms with Crippen molar-refractivity contribution in [3.63, 3.8) is 0 Å². The number of carbonyl (C=O) groups is 2. The maximum absolute atomic E-state index is 12.2. The first-order chi connectivity index (χ1) is 14.4. The molecule has 158 valence electrons. The summed E-state index contributed by atoms with van der Waals surface area (Å²) >= 11 is 1.51. The Balaban J connectivity index is 1.57. The number of hydrogen-bond donors (Lipinski definition) is 1. The SMILES string of the molecule is CCOC(=O)c1cnn(-c2ccc(NC(=O)CSCc3c(C)noc3C)cc2)c1C. The van der Waals surface area contributed by atoms with Gasteiger partial charge in [0.15, 0.2) is 0 Å². The molecule has 0 aliphatic carbocycles.